The van der Waals surface area contributed by atoms with Gasteiger partial charge >= 0.3 is 0 Å². The third kappa shape index (κ3) is 8.91. The number of anilines is 6. The molecule has 0 N–H and O–H groups in total. The van der Waals surface area contributed by atoms with Crippen LogP contribution in [-0.4, -0.2) is 25.0 Å². The quantitative estimate of drug-likeness (QED) is 0.142. The van der Waals surface area contributed by atoms with E-state index in [0.717, 1.165) is 78.9 Å². The van der Waals surface area contributed by atoms with Gasteiger partial charge in [0.25, 0.3) is 6.71 Å². The Morgan fingerprint density at radius 1 is 0.219 bits per heavy atom. The fourth-order valence-corrected chi connectivity index (χ4v) is 18.5. The van der Waals surface area contributed by atoms with Crippen LogP contribution in [0.3, 0.4) is 0 Å². The predicted octanol–water partition coefficient (Wildman–Crippen LogP) is 24.1. The number of benzene rings is 15. The summed E-state index contributed by atoms with van der Waals surface area (Å²) in [7, 11) is 0. The molecular weight excluding hydrogens is 1270 g/mol. The van der Waals surface area contributed by atoms with Crippen LogP contribution in [0.2, 0.25) is 0 Å². The molecular formula is C98H73BN6. The Labute approximate surface area is 610 Å². The number of hydrogen-bond donors (Lipinski definition) is 0. The fraction of sp³-hybridized carbons (Fsp3) is 0.0816. The first-order valence-electron chi connectivity index (χ1n) is 36.9. The highest BCUT2D eigenvalue weighted by molar-refractivity contribution is 7.00. The van der Waals surface area contributed by atoms with E-state index in [1.165, 1.54) is 115 Å². The standard InChI is InChI=1S/C98H73BN6/c1-97(2,3)76-42-17-7-30-64(76)66-32-9-21-46-82(66)104-88-58-56-62(100-80-44-19-15-38-72(80)74-40-27-54-92(95(74)100)102-84-48-23-11-34-68(84)69-35-12-24-49-85(69)102)60-78(88)99-79-61-63(57-59-89(79)105(91-53-29-52-90(104)94(91)99)83-47-22-10-33-67(83)65-31-8-18-43-77(65)98(4,5)6)101-81-45-20-16-39-73(81)75-41-28-55-93(96(75)101)103-86-50-25-13-36-70(86)71-37-14-26-51-87(71)103/h7-61H,1-6H3. The Morgan fingerprint density at radius 2 is 0.495 bits per heavy atom. The van der Waals surface area contributed by atoms with Crippen LogP contribution in [0.4, 0.5) is 34.1 Å². The van der Waals surface area contributed by atoms with Gasteiger partial charge < -0.3 is 28.1 Å². The molecule has 0 unspecified atom stereocenters. The van der Waals surface area contributed by atoms with Crippen molar-refractivity contribution in [3.05, 3.63) is 345 Å². The van der Waals surface area contributed by atoms with E-state index in [-0.39, 0.29) is 17.5 Å². The molecule has 4 aromatic heterocycles. The van der Waals surface area contributed by atoms with E-state index in [9.17, 15) is 0 Å². The van der Waals surface area contributed by atoms with E-state index < -0.39 is 0 Å². The maximum absolute atomic E-state index is 2.62. The van der Waals surface area contributed by atoms with Gasteiger partial charge in [0.05, 0.1) is 66.9 Å². The molecule has 0 saturated heterocycles. The van der Waals surface area contributed by atoms with Crippen LogP contribution in [0.15, 0.2) is 334 Å². The highest BCUT2D eigenvalue weighted by atomic mass is 15.2. The maximum Gasteiger partial charge on any atom is 0.252 e. The van der Waals surface area contributed by atoms with Crippen molar-refractivity contribution in [3.63, 3.8) is 0 Å². The molecule has 21 rings (SSSR count). The van der Waals surface area contributed by atoms with Crippen LogP contribution in [0.5, 0.6) is 0 Å². The molecule has 105 heavy (non-hydrogen) atoms. The van der Waals surface area contributed by atoms with Gasteiger partial charge in [-0.3, -0.25) is 0 Å². The fourth-order valence-electron chi connectivity index (χ4n) is 18.5. The number of hydrogen-bond acceptors (Lipinski definition) is 2. The van der Waals surface area contributed by atoms with Gasteiger partial charge in [-0.05, 0) is 159 Å². The summed E-state index contributed by atoms with van der Waals surface area (Å²) in [6.07, 6.45) is 0. The number of nitrogens with zero attached hydrogens (tertiary/aromatic N) is 6. The summed E-state index contributed by atoms with van der Waals surface area (Å²) in [5.74, 6) is 0. The molecule has 0 aliphatic carbocycles. The lowest BCUT2D eigenvalue weighted by Gasteiger charge is -2.45. The summed E-state index contributed by atoms with van der Waals surface area (Å²) in [6.45, 7) is 13.8. The average Bonchev–Trinajstić information content (AvgIpc) is 0.879. The lowest BCUT2D eigenvalue weighted by atomic mass is 9.33. The van der Waals surface area contributed by atoms with E-state index in [2.05, 4.69) is 403 Å². The largest absolute Gasteiger partial charge is 0.311 e. The smallest absolute Gasteiger partial charge is 0.252 e. The molecule has 6 nitrogen and oxygen atoms in total. The molecule has 0 saturated carbocycles. The van der Waals surface area contributed by atoms with Crippen molar-refractivity contribution in [3.8, 4) is 45.0 Å². The van der Waals surface area contributed by atoms with Crippen LogP contribution in [0.25, 0.3) is 132 Å². The molecule has 15 aromatic carbocycles. The second kappa shape index (κ2) is 22.8. The zero-order valence-corrected chi connectivity index (χ0v) is 59.5. The molecule has 0 fully saturated rings. The summed E-state index contributed by atoms with van der Waals surface area (Å²) >= 11 is 0. The van der Waals surface area contributed by atoms with Gasteiger partial charge in [-0.2, -0.15) is 0 Å². The van der Waals surface area contributed by atoms with Crippen LogP contribution in [0.1, 0.15) is 52.7 Å². The molecule has 0 radical (unpaired) electrons. The molecule has 2 aliphatic rings. The third-order valence-corrected chi connectivity index (χ3v) is 22.8. The molecule has 498 valence electrons. The van der Waals surface area contributed by atoms with Crippen LogP contribution < -0.4 is 26.2 Å². The van der Waals surface area contributed by atoms with E-state index in [0.29, 0.717) is 0 Å². The zero-order chi connectivity index (χ0) is 70.1. The first-order valence-corrected chi connectivity index (χ1v) is 36.9. The third-order valence-electron chi connectivity index (χ3n) is 22.8. The predicted molar refractivity (Wildman–Crippen MR) is 446 cm³/mol. The Kier molecular flexibility index (Phi) is 13.2. The zero-order valence-electron chi connectivity index (χ0n) is 59.5. The van der Waals surface area contributed by atoms with Crippen LogP contribution in [0, 0.1) is 0 Å². The molecule has 0 spiro atoms. The first-order chi connectivity index (χ1) is 51.5. The van der Waals surface area contributed by atoms with Crippen LogP contribution >= 0.6 is 0 Å². The van der Waals surface area contributed by atoms with Crippen molar-refractivity contribution in [2.45, 2.75) is 52.4 Å². The SMILES string of the molecule is CC(C)(C)c1ccccc1-c1ccccc1N1c2ccc(-n3c4ccccc4c4cccc(-n5c6ccccc6c6ccccc65)c43)cc2B2c3cc(-n4c5ccccc5c5cccc(-n6c7ccccc7c7ccccc76)c54)ccc3N(c3ccccc3-c3ccccc3C(C)(C)C)c3cccc1c32. The number of aromatic nitrogens is 4. The van der Waals surface area contributed by atoms with E-state index in [1.54, 1.807) is 0 Å². The minimum atomic E-state index is -0.286. The Hall–Kier alpha value is -12.8. The molecule has 0 amide bonds. The average molecular weight is 1350 g/mol. The van der Waals surface area contributed by atoms with Crippen molar-refractivity contribution >= 4 is 144 Å². The summed E-state index contributed by atoms with van der Waals surface area (Å²) in [5, 5.41) is 9.73. The summed E-state index contributed by atoms with van der Waals surface area (Å²) in [4.78, 5) is 5.24. The Bertz CT molecular complexity index is 6340. The highest BCUT2D eigenvalue weighted by Gasteiger charge is 2.45. The van der Waals surface area contributed by atoms with E-state index >= 15 is 0 Å². The van der Waals surface area contributed by atoms with Gasteiger partial charge in [-0.1, -0.05) is 266 Å². The monoisotopic (exact) mass is 1340 g/mol. The molecule has 6 heterocycles. The molecule has 0 atom stereocenters. The second-order valence-corrected chi connectivity index (χ2v) is 30.7. The summed E-state index contributed by atoms with van der Waals surface area (Å²) < 4.78 is 10.2. The summed E-state index contributed by atoms with van der Waals surface area (Å²) in [6, 6.07) is 126. The van der Waals surface area contributed by atoms with Crippen molar-refractivity contribution < 1.29 is 0 Å². The van der Waals surface area contributed by atoms with Gasteiger partial charge in [-0.15, -0.1) is 0 Å². The van der Waals surface area contributed by atoms with Gasteiger partial charge in [-0.25, -0.2) is 0 Å². The minimum absolute atomic E-state index is 0.142. The number of rotatable bonds is 8. The molecule has 2 aliphatic heterocycles. The van der Waals surface area contributed by atoms with Gasteiger partial charge in [0.15, 0.2) is 0 Å². The Balaban J connectivity index is 0.893. The number of para-hydroxylation sites is 10. The molecule has 0 bridgehead atoms. The van der Waals surface area contributed by atoms with Crippen molar-refractivity contribution in [1.29, 1.82) is 0 Å². The van der Waals surface area contributed by atoms with Crippen molar-refractivity contribution in [2.75, 3.05) is 9.80 Å². The topological polar surface area (TPSA) is 26.2 Å². The minimum Gasteiger partial charge on any atom is -0.311 e. The van der Waals surface area contributed by atoms with Crippen molar-refractivity contribution in [1.82, 2.24) is 18.3 Å². The van der Waals surface area contributed by atoms with E-state index in [4.69, 9.17) is 0 Å². The second-order valence-electron chi connectivity index (χ2n) is 30.7. The summed E-state index contributed by atoms with van der Waals surface area (Å²) in [5.41, 5.74) is 31.3. The van der Waals surface area contributed by atoms with Gasteiger partial charge in [0, 0.05) is 88.3 Å². The van der Waals surface area contributed by atoms with Gasteiger partial charge in [0.2, 0.25) is 0 Å². The molecule has 7 heteroatoms. The van der Waals surface area contributed by atoms with Gasteiger partial charge in [0.1, 0.15) is 0 Å². The molecule has 19 aromatic rings. The highest BCUT2D eigenvalue weighted by Crippen LogP contribution is 2.52. The Morgan fingerprint density at radius 3 is 0.867 bits per heavy atom. The number of fused-ring (bicyclic) bond motifs is 16. The van der Waals surface area contributed by atoms with Crippen LogP contribution in [-0.2, 0) is 10.8 Å². The van der Waals surface area contributed by atoms with Crippen molar-refractivity contribution in [2.24, 2.45) is 0 Å². The normalized spacial score (nSPS) is 13.0. The first kappa shape index (κ1) is 60.9. The lowest BCUT2D eigenvalue weighted by molar-refractivity contribution is 0.591. The lowest BCUT2D eigenvalue weighted by Crippen LogP contribution is -2.61. The van der Waals surface area contributed by atoms with E-state index in [1.807, 2.05) is 0 Å². The maximum atomic E-state index is 2.62.